The molecule has 1 rings (SSSR count). The molecule has 0 aliphatic heterocycles. The second kappa shape index (κ2) is 4.11. The van der Waals surface area contributed by atoms with Crippen LogP contribution in [0.3, 0.4) is 0 Å². The van der Waals surface area contributed by atoms with Gasteiger partial charge < -0.3 is 10.1 Å². The van der Waals surface area contributed by atoms with Gasteiger partial charge in [0.15, 0.2) is 0 Å². The van der Waals surface area contributed by atoms with Crippen LogP contribution < -0.4 is 5.32 Å². The smallest absolute Gasteiger partial charge is 0.407 e. The first-order chi connectivity index (χ1) is 5.74. The van der Waals surface area contributed by atoms with Crippen LogP contribution in [0.25, 0.3) is 0 Å². The molecule has 0 aliphatic rings. The Morgan fingerprint density at radius 1 is 1.75 bits per heavy atom. The van der Waals surface area contributed by atoms with E-state index in [2.05, 4.69) is 10.1 Å². The van der Waals surface area contributed by atoms with Gasteiger partial charge in [-0.15, -0.1) is 11.3 Å². The lowest BCUT2D eigenvalue weighted by molar-refractivity contribution is 0.167. The quantitative estimate of drug-likeness (QED) is 0.766. The molecule has 0 aromatic carbocycles. The van der Waals surface area contributed by atoms with Crippen LogP contribution in [0, 0.1) is 0 Å². The highest BCUT2D eigenvalue weighted by atomic mass is 32.1. The Hall–Kier alpha value is -1.03. The fourth-order valence-electron chi connectivity index (χ4n) is 0.844. The molecule has 0 fully saturated rings. The maximum Gasteiger partial charge on any atom is 0.407 e. The summed E-state index contributed by atoms with van der Waals surface area (Å²) in [6.45, 7) is 1.92. The number of amides is 1. The predicted octanol–water partition coefficient (Wildman–Crippen LogP) is 2.17. The van der Waals surface area contributed by atoms with E-state index in [1.54, 1.807) is 11.3 Å². The Bertz CT molecular complexity index is 246. The molecule has 1 amide bonds. The number of thiophene rings is 1. The third-order valence-electron chi connectivity index (χ3n) is 1.49. The molecule has 1 heterocycles. The minimum Gasteiger partial charge on any atom is -0.453 e. The van der Waals surface area contributed by atoms with Crippen molar-refractivity contribution in [2.24, 2.45) is 0 Å². The van der Waals surface area contributed by atoms with E-state index in [9.17, 15) is 4.79 Å². The maximum atomic E-state index is 10.8. The Morgan fingerprint density at radius 2 is 2.50 bits per heavy atom. The first-order valence-corrected chi connectivity index (χ1v) is 4.50. The van der Waals surface area contributed by atoms with Crippen molar-refractivity contribution in [1.82, 2.24) is 5.32 Å². The maximum absolute atomic E-state index is 10.8. The first-order valence-electron chi connectivity index (χ1n) is 3.62. The van der Waals surface area contributed by atoms with Crippen LogP contribution in [0.5, 0.6) is 0 Å². The van der Waals surface area contributed by atoms with Gasteiger partial charge in [0.25, 0.3) is 0 Å². The van der Waals surface area contributed by atoms with E-state index in [0.717, 1.165) is 4.88 Å². The van der Waals surface area contributed by atoms with Gasteiger partial charge in [0.2, 0.25) is 0 Å². The minimum atomic E-state index is -0.393. The van der Waals surface area contributed by atoms with Crippen molar-refractivity contribution >= 4 is 17.4 Å². The Balaban J connectivity index is 2.49. The average molecular weight is 185 g/mol. The molecule has 0 saturated carbocycles. The normalized spacial score (nSPS) is 12.2. The highest BCUT2D eigenvalue weighted by Gasteiger charge is 2.08. The first kappa shape index (κ1) is 9.06. The summed E-state index contributed by atoms with van der Waals surface area (Å²) in [7, 11) is 1.36. The van der Waals surface area contributed by atoms with E-state index >= 15 is 0 Å². The van der Waals surface area contributed by atoms with E-state index in [-0.39, 0.29) is 6.04 Å². The molecule has 1 aromatic heterocycles. The largest absolute Gasteiger partial charge is 0.453 e. The summed E-state index contributed by atoms with van der Waals surface area (Å²) in [5, 5.41) is 4.66. The summed E-state index contributed by atoms with van der Waals surface area (Å²) in [4.78, 5) is 11.9. The molecule has 66 valence electrons. The van der Waals surface area contributed by atoms with Gasteiger partial charge in [-0.3, -0.25) is 0 Å². The van der Waals surface area contributed by atoms with Gasteiger partial charge in [0.1, 0.15) is 0 Å². The summed E-state index contributed by atoms with van der Waals surface area (Å²) in [5.41, 5.74) is 0. The lowest BCUT2D eigenvalue weighted by atomic mass is 10.3. The number of carbonyl (C=O) groups is 1. The summed E-state index contributed by atoms with van der Waals surface area (Å²) in [5.74, 6) is 0. The SMILES string of the molecule is COC(=O)N[C@@H](C)c1cccs1. The zero-order valence-electron chi connectivity index (χ0n) is 7.03. The number of nitrogens with one attached hydrogen (secondary N) is 1. The van der Waals surface area contributed by atoms with Gasteiger partial charge >= 0.3 is 6.09 Å². The summed E-state index contributed by atoms with van der Waals surface area (Å²) in [6.07, 6.45) is -0.393. The topological polar surface area (TPSA) is 38.3 Å². The van der Waals surface area contributed by atoms with Crippen LogP contribution in [0.4, 0.5) is 4.79 Å². The van der Waals surface area contributed by atoms with Gasteiger partial charge in [-0.25, -0.2) is 4.79 Å². The second-order valence-corrected chi connectivity index (χ2v) is 3.35. The van der Waals surface area contributed by atoms with Gasteiger partial charge in [-0.05, 0) is 18.4 Å². The van der Waals surface area contributed by atoms with Crippen molar-refractivity contribution in [3.8, 4) is 0 Å². The molecule has 4 heteroatoms. The standard InChI is InChI=1S/C8H11NO2S/c1-6(9-8(10)11-2)7-4-3-5-12-7/h3-6H,1-2H3,(H,9,10)/t6-/m0/s1. The number of carbonyl (C=O) groups excluding carboxylic acids is 1. The van der Waals surface area contributed by atoms with Crippen molar-refractivity contribution in [1.29, 1.82) is 0 Å². The third-order valence-corrected chi connectivity index (χ3v) is 2.54. The molecule has 1 aromatic rings. The van der Waals surface area contributed by atoms with Crippen molar-refractivity contribution in [3.63, 3.8) is 0 Å². The van der Waals surface area contributed by atoms with E-state index in [0.29, 0.717) is 0 Å². The molecule has 0 spiro atoms. The molecule has 0 aliphatic carbocycles. The zero-order chi connectivity index (χ0) is 8.97. The molecule has 0 radical (unpaired) electrons. The highest BCUT2D eigenvalue weighted by Crippen LogP contribution is 2.17. The molecule has 3 nitrogen and oxygen atoms in total. The van der Waals surface area contributed by atoms with E-state index in [1.165, 1.54) is 7.11 Å². The number of hydrogen-bond donors (Lipinski definition) is 1. The molecular formula is C8H11NO2S. The van der Waals surface area contributed by atoms with Crippen molar-refractivity contribution in [2.45, 2.75) is 13.0 Å². The molecule has 1 N–H and O–H groups in total. The van der Waals surface area contributed by atoms with E-state index < -0.39 is 6.09 Å². The fraction of sp³-hybridized carbons (Fsp3) is 0.375. The van der Waals surface area contributed by atoms with Gasteiger partial charge in [-0.2, -0.15) is 0 Å². The van der Waals surface area contributed by atoms with Crippen LogP contribution in [0.2, 0.25) is 0 Å². The zero-order valence-corrected chi connectivity index (χ0v) is 7.85. The van der Waals surface area contributed by atoms with Crippen LogP contribution in [0.15, 0.2) is 17.5 Å². The monoisotopic (exact) mass is 185 g/mol. The molecular weight excluding hydrogens is 174 g/mol. The van der Waals surface area contributed by atoms with Gasteiger partial charge in [0.05, 0.1) is 13.2 Å². The number of rotatable bonds is 2. The summed E-state index contributed by atoms with van der Waals surface area (Å²) < 4.78 is 4.47. The number of alkyl carbamates (subject to hydrolysis) is 1. The summed E-state index contributed by atoms with van der Waals surface area (Å²) in [6, 6.07) is 3.96. The molecule has 0 saturated heterocycles. The van der Waals surface area contributed by atoms with Crippen molar-refractivity contribution in [3.05, 3.63) is 22.4 Å². The number of hydrogen-bond acceptors (Lipinski definition) is 3. The highest BCUT2D eigenvalue weighted by molar-refractivity contribution is 7.10. The molecule has 0 unspecified atom stereocenters. The van der Waals surface area contributed by atoms with Crippen LogP contribution in [-0.4, -0.2) is 13.2 Å². The molecule has 1 atom stereocenters. The minimum absolute atomic E-state index is 0.0254. The number of methoxy groups -OCH3 is 1. The van der Waals surface area contributed by atoms with Crippen LogP contribution >= 0.6 is 11.3 Å². The Labute approximate surface area is 75.4 Å². The second-order valence-electron chi connectivity index (χ2n) is 2.37. The van der Waals surface area contributed by atoms with Crippen LogP contribution in [-0.2, 0) is 4.74 Å². The van der Waals surface area contributed by atoms with Crippen molar-refractivity contribution < 1.29 is 9.53 Å². The number of ether oxygens (including phenoxy) is 1. The van der Waals surface area contributed by atoms with E-state index in [4.69, 9.17) is 0 Å². The van der Waals surface area contributed by atoms with Crippen LogP contribution in [0.1, 0.15) is 17.8 Å². The Kier molecular flexibility index (Phi) is 3.10. The van der Waals surface area contributed by atoms with E-state index in [1.807, 2.05) is 24.4 Å². The molecule has 0 bridgehead atoms. The Morgan fingerprint density at radius 3 is 3.00 bits per heavy atom. The lowest BCUT2D eigenvalue weighted by Crippen LogP contribution is -2.25. The van der Waals surface area contributed by atoms with Gasteiger partial charge in [0, 0.05) is 4.88 Å². The molecule has 12 heavy (non-hydrogen) atoms. The summed E-state index contributed by atoms with van der Waals surface area (Å²) >= 11 is 1.61. The fourth-order valence-corrected chi connectivity index (χ4v) is 1.58. The lowest BCUT2D eigenvalue weighted by Gasteiger charge is -2.09. The van der Waals surface area contributed by atoms with Gasteiger partial charge in [-0.1, -0.05) is 6.07 Å². The average Bonchev–Trinajstić information content (AvgIpc) is 2.56. The third kappa shape index (κ3) is 2.23. The van der Waals surface area contributed by atoms with Crippen molar-refractivity contribution in [2.75, 3.05) is 7.11 Å². The predicted molar refractivity (Wildman–Crippen MR) is 48.3 cm³/mol.